The first-order valence-electron chi connectivity index (χ1n) is 11.0. The SMILES string of the molecule is CC[C@H](SC1=Nc2ccccc2C2=N[C@H](c3ccccc3)C(=O)N12)C(=O)Nc1cc(F)ccc1F. The van der Waals surface area contributed by atoms with Crippen molar-refractivity contribution in [2.45, 2.75) is 24.6 Å². The molecule has 0 unspecified atom stereocenters. The highest BCUT2D eigenvalue weighted by molar-refractivity contribution is 8.15. The molecule has 2 aliphatic heterocycles. The topological polar surface area (TPSA) is 74.1 Å². The summed E-state index contributed by atoms with van der Waals surface area (Å²) in [6.45, 7) is 1.80. The predicted octanol–water partition coefficient (Wildman–Crippen LogP) is 5.45. The number of aliphatic imine (C=N–C) groups is 2. The number of hydrogen-bond acceptors (Lipinski definition) is 5. The van der Waals surface area contributed by atoms with Gasteiger partial charge in [-0.05, 0) is 36.2 Å². The number of anilines is 1. The molecule has 9 heteroatoms. The number of nitrogens with zero attached hydrogens (tertiary/aromatic N) is 3. The van der Waals surface area contributed by atoms with Crippen LogP contribution in [-0.2, 0) is 9.59 Å². The molecule has 5 rings (SSSR count). The van der Waals surface area contributed by atoms with E-state index in [0.717, 1.165) is 41.1 Å². The van der Waals surface area contributed by atoms with E-state index in [1.165, 1.54) is 4.90 Å². The van der Waals surface area contributed by atoms with Gasteiger partial charge in [0.1, 0.15) is 17.5 Å². The number of benzene rings is 3. The summed E-state index contributed by atoms with van der Waals surface area (Å²) >= 11 is 1.09. The van der Waals surface area contributed by atoms with Gasteiger partial charge in [0.2, 0.25) is 5.91 Å². The molecule has 1 N–H and O–H groups in total. The number of amidine groups is 2. The maximum atomic E-state index is 14.1. The first kappa shape index (κ1) is 22.9. The molecular formula is C26H20F2N4O2S. The van der Waals surface area contributed by atoms with E-state index >= 15 is 0 Å². The van der Waals surface area contributed by atoms with Gasteiger partial charge in [0.05, 0.1) is 16.6 Å². The summed E-state index contributed by atoms with van der Waals surface area (Å²) in [6, 6.07) is 18.7. The number of fused-ring (bicyclic) bond motifs is 3. The fourth-order valence-corrected chi connectivity index (χ4v) is 4.96. The number of rotatable bonds is 5. The Morgan fingerprint density at radius 3 is 2.60 bits per heavy atom. The average Bonchev–Trinajstić information content (AvgIpc) is 3.23. The lowest BCUT2D eigenvalue weighted by molar-refractivity contribution is -0.124. The highest BCUT2D eigenvalue weighted by atomic mass is 32.2. The lowest BCUT2D eigenvalue weighted by Crippen LogP contribution is -2.41. The van der Waals surface area contributed by atoms with Gasteiger partial charge in [-0.2, -0.15) is 0 Å². The van der Waals surface area contributed by atoms with Crippen LogP contribution in [0, 0.1) is 11.6 Å². The first-order valence-corrected chi connectivity index (χ1v) is 11.9. The third kappa shape index (κ3) is 4.35. The van der Waals surface area contributed by atoms with Crippen molar-refractivity contribution < 1.29 is 18.4 Å². The van der Waals surface area contributed by atoms with E-state index in [0.29, 0.717) is 23.1 Å². The number of nitrogens with one attached hydrogen (secondary N) is 1. The Morgan fingerprint density at radius 1 is 1.09 bits per heavy atom. The van der Waals surface area contributed by atoms with Crippen LogP contribution in [0.5, 0.6) is 0 Å². The second-order valence-corrected chi connectivity index (χ2v) is 9.15. The van der Waals surface area contributed by atoms with E-state index in [1.807, 2.05) is 54.6 Å². The Kier molecular flexibility index (Phi) is 6.17. The zero-order valence-corrected chi connectivity index (χ0v) is 19.4. The monoisotopic (exact) mass is 490 g/mol. The maximum absolute atomic E-state index is 14.1. The smallest absolute Gasteiger partial charge is 0.263 e. The number of halogens is 2. The third-order valence-corrected chi connectivity index (χ3v) is 7.00. The lowest BCUT2D eigenvalue weighted by atomic mass is 10.1. The highest BCUT2D eigenvalue weighted by Gasteiger charge is 2.43. The zero-order valence-electron chi connectivity index (χ0n) is 18.6. The molecule has 3 aromatic rings. The molecule has 0 aromatic heterocycles. The van der Waals surface area contributed by atoms with Gasteiger partial charge in [0.25, 0.3) is 5.91 Å². The molecule has 2 atom stereocenters. The van der Waals surface area contributed by atoms with E-state index in [1.54, 1.807) is 6.92 Å². The molecule has 0 spiro atoms. The van der Waals surface area contributed by atoms with Crippen LogP contribution in [0.25, 0.3) is 0 Å². The molecule has 0 saturated heterocycles. The minimum atomic E-state index is -0.738. The molecule has 0 saturated carbocycles. The summed E-state index contributed by atoms with van der Waals surface area (Å²) < 4.78 is 27.6. The van der Waals surface area contributed by atoms with Gasteiger partial charge in [0, 0.05) is 11.6 Å². The fourth-order valence-electron chi connectivity index (χ4n) is 3.94. The minimum absolute atomic E-state index is 0.242. The molecule has 0 bridgehead atoms. The highest BCUT2D eigenvalue weighted by Crippen LogP contribution is 2.38. The van der Waals surface area contributed by atoms with Gasteiger partial charge in [-0.3, -0.25) is 9.59 Å². The van der Waals surface area contributed by atoms with Crippen molar-refractivity contribution in [1.29, 1.82) is 0 Å². The van der Waals surface area contributed by atoms with Crippen molar-refractivity contribution >= 4 is 46.0 Å². The van der Waals surface area contributed by atoms with E-state index in [9.17, 15) is 18.4 Å². The number of amides is 2. The first-order chi connectivity index (χ1) is 17.0. The Balaban J connectivity index is 1.46. The van der Waals surface area contributed by atoms with Crippen LogP contribution >= 0.6 is 11.8 Å². The number of carbonyl (C=O) groups excluding carboxylic acids is 2. The van der Waals surface area contributed by atoms with E-state index in [4.69, 9.17) is 4.99 Å². The van der Waals surface area contributed by atoms with Crippen LogP contribution < -0.4 is 5.32 Å². The molecule has 0 fully saturated rings. The second kappa shape index (κ2) is 9.42. The Hall–Kier alpha value is -3.85. The molecule has 0 radical (unpaired) electrons. The van der Waals surface area contributed by atoms with Crippen LogP contribution in [0.4, 0.5) is 20.2 Å². The predicted molar refractivity (Wildman–Crippen MR) is 133 cm³/mol. The molecule has 3 aromatic carbocycles. The van der Waals surface area contributed by atoms with Gasteiger partial charge >= 0.3 is 0 Å². The fraction of sp³-hybridized carbons (Fsp3) is 0.154. The standard InChI is InChI=1S/C26H20F2N4O2S/c1-2-21(24(33)29-20-14-16(27)12-13-18(20)28)35-26-30-19-11-7-6-10-17(19)23-31-22(25(34)32(23)26)15-8-4-3-5-9-15/h3-14,21-22H,2H2,1H3,(H,29,33)/t21-,22+/m0/s1. The third-order valence-electron chi connectivity index (χ3n) is 5.68. The van der Waals surface area contributed by atoms with Gasteiger partial charge in [-0.25, -0.2) is 23.7 Å². The number of para-hydroxylation sites is 1. The summed E-state index contributed by atoms with van der Waals surface area (Å²) in [4.78, 5) is 37.3. The van der Waals surface area contributed by atoms with Crippen LogP contribution in [0.2, 0.25) is 0 Å². The number of thioether (sulfide) groups is 1. The van der Waals surface area contributed by atoms with Gasteiger partial charge < -0.3 is 5.32 Å². The maximum Gasteiger partial charge on any atom is 0.263 e. The molecular weight excluding hydrogens is 470 g/mol. The van der Waals surface area contributed by atoms with Gasteiger partial charge in [-0.1, -0.05) is 61.2 Å². The molecule has 2 aliphatic rings. The second-order valence-electron chi connectivity index (χ2n) is 7.98. The molecule has 176 valence electrons. The van der Waals surface area contributed by atoms with E-state index in [-0.39, 0.29) is 11.6 Å². The lowest BCUT2D eigenvalue weighted by Gasteiger charge is -2.27. The van der Waals surface area contributed by atoms with Crippen LogP contribution in [0.15, 0.2) is 82.8 Å². The zero-order chi connectivity index (χ0) is 24.5. The van der Waals surface area contributed by atoms with Crippen molar-refractivity contribution in [2.75, 3.05) is 5.32 Å². The summed E-state index contributed by atoms with van der Waals surface area (Å²) in [5.74, 6) is -1.71. The van der Waals surface area contributed by atoms with Crippen LogP contribution in [0.1, 0.15) is 30.5 Å². The van der Waals surface area contributed by atoms with Crippen molar-refractivity contribution in [1.82, 2.24) is 4.90 Å². The Morgan fingerprint density at radius 2 is 1.83 bits per heavy atom. The summed E-state index contributed by atoms with van der Waals surface area (Å²) in [6.07, 6.45) is 0.366. The summed E-state index contributed by atoms with van der Waals surface area (Å²) in [5.41, 5.74) is 1.88. The van der Waals surface area contributed by atoms with Gasteiger partial charge in [0.15, 0.2) is 11.2 Å². The number of hydrogen-bond donors (Lipinski definition) is 1. The summed E-state index contributed by atoms with van der Waals surface area (Å²) in [7, 11) is 0. The Labute approximate surface area is 204 Å². The molecule has 2 heterocycles. The average molecular weight is 491 g/mol. The number of carbonyl (C=O) groups is 2. The van der Waals surface area contributed by atoms with Crippen molar-refractivity contribution in [3.05, 3.63) is 95.6 Å². The van der Waals surface area contributed by atoms with Gasteiger partial charge in [-0.15, -0.1) is 0 Å². The normalized spacial score (nSPS) is 17.3. The van der Waals surface area contributed by atoms with E-state index < -0.39 is 28.8 Å². The van der Waals surface area contributed by atoms with Crippen molar-refractivity contribution in [3.63, 3.8) is 0 Å². The quantitative estimate of drug-likeness (QED) is 0.517. The largest absolute Gasteiger partial charge is 0.323 e. The molecule has 35 heavy (non-hydrogen) atoms. The van der Waals surface area contributed by atoms with Crippen LogP contribution in [-0.4, -0.2) is 33.0 Å². The summed E-state index contributed by atoms with van der Waals surface area (Å²) in [5, 5.41) is 2.05. The Bertz CT molecular complexity index is 1380. The van der Waals surface area contributed by atoms with E-state index in [2.05, 4.69) is 10.3 Å². The molecule has 6 nitrogen and oxygen atoms in total. The molecule has 0 aliphatic carbocycles. The minimum Gasteiger partial charge on any atom is -0.323 e. The van der Waals surface area contributed by atoms with Crippen molar-refractivity contribution in [2.24, 2.45) is 9.98 Å². The van der Waals surface area contributed by atoms with Crippen LogP contribution in [0.3, 0.4) is 0 Å². The van der Waals surface area contributed by atoms with Crippen molar-refractivity contribution in [3.8, 4) is 0 Å². The molecule has 2 amide bonds.